The van der Waals surface area contributed by atoms with E-state index in [9.17, 15) is 4.39 Å². The molecule has 17 heavy (non-hydrogen) atoms. The number of hydrogen-bond donors (Lipinski definition) is 1. The van der Waals surface area contributed by atoms with E-state index in [1.807, 2.05) is 6.92 Å². The molecule has 1 aromatic carbocycles. The molecule has 94 valence electrons. The number of ether oxygens (including phenoxy) is 1. The zero-order valence-electron chi connectivity index (χ0n) is 10.3. The van der Waals surface area contributed by atoms with Crippen LogP contribution in [0.3, 0.4) is 0 Å². The normalized spacial score (nSPS) is 16.8. The van der Waals surface area contributed by atoms with Gasteiger partial charge in [-0.2, -0.15) is 0 Å². The van der Waals surface area contributed by atoms with Crippen molar-refractivity contribution in [1.82, 2.24) is 0 Å². The lowest BCUT2D eigenvalue weighted by atomic mass is 9.95. The minimum atomic E-state index is -0.248. The van der Waals surface area contributed by atoms with E-state index < -0.39 is 0 Å². The van der Waals surface area contributed by atoms with Gasteiger partial charge in [0.15, 0.2) is 0 Å². The summed E-state index contributed by atoms with van der Waals surface area (Å²) in [6, 6.07) is 5.21. The molecule has 3 heteroatoms. The third-order valence-electron chi connectivity index (χ3n) is 3.21. The summed E-state index contributed by atoms with van der Waals surface area (Å²) in [5.74, 6) is 0.376. The zero-order chi connectivity index (χ0) is 12.1. The smallest absolute Gasteiger partial charge is 0.145 e. The quantitative estimate of drug-likeness (QED) is 0.855. The molecular formula is C14H20FNO. The molecule has 0 aromatic heterocycles. The van der Waals surface area contributed by atoms with Crippen LogP contribution in [0.1, 0.15) is 39.0 Å². The summed E-state index contributed by atoms with van der Waals surface area (Å²) in [5, 5.41) is 3.47. The maximum absolute atomic E-state index is 13.1. The van der Waals surface area contributed by atoms with Gasteiger partial charge in [-0.1, -0.05) is 19.3 Å². The van der Waals surface area contributed by atoms with Crippen molar-refractivity contribution < 1.29 is 9.13 Å². The zero-order valence-corrected chi connectivity index (χ0v) is 10.3. The number of rotatable bonds is 4. The van der Waals surface area contributed by atoms with Crippen molar-refractivity contribution in [3.63, 3.8) is 0 Å². The van der Waals surface area contributed by atoms with Gasteiger partial charge in [0.25, 0.3) is 0 Å². The van der Waals surface area contributed by atoms with Crippen LogP contribution in [0.15, 0.2) is 18.2 Å². The molecule has 2 rings (SSSR count). The van der Waals surface area contributed by atoms with Crippen LogP contribution in [0.5, 0.6) is 5.75 Å². The van der Waals surface area contributed by atoms with Crippen LogP contribution in [0.4, 0.5) is 10.1 Å². The molecule has 0 saturated heterocycles. The highest BCUT2D eigenvalue weighted by atomic mass is 19.1. The molecule has 1 aliphatic rings. The largest absolute Gasteiger partial charge is 0.492 e. The van der Waals surface area contributed by atoms with Crippen molar-refractivity contribution in [2.75, 3.05) is 11.9 Å². The number of benzene rings is 1. The van der Waals surface area contributed by atoms with Gasteiger partial charge in [-0.25, -0.2) is 4.39 Å². The van der Waals surface area contributed by atoms with Gasteiger partial charge >= 0.3 is 0 Å². The van der Waals surface area contributed by atoms with Gasteiger partial charge in [-0.05, 0) is 31.9 Å². The van der Waals surface area contributed by atoms with E-state index in [1.54, 1.807) is 6.07 Å². The van der Waals surface area contributed by atoms with Crippen molar-refractivity contribution in [3.05, 3.63) is 24.0 Å². The van der Waals surface area contributed by atoms with Crippen molar-refractivity contribution in [2.24, 2.45) is 0 Å². The Morgan fingerprint density at radius 3 is 2.76 bits per heavy atom. The lowest BCUT2D eigenvalue weighted by molar-refractivity contribution is 0.339. The summed E-state index contributed by atoms with van der Waals surface area (Å²) in [7, 11) is 0. The molecule has 0 unspecified atom stereocenters. The Balaban J connectivity index is 2.07. The molecule has 0 bridgehead atoms. The summed E-state index contributed by atoms with van der Waals surface area (Å²) in [5.41, 5.74) is 0.917. The first-order valence-corrected chi connectivity index (χ1v) is 6.48. The van der Waals surface area contributed by atoms with E-state index in [4.69, 9.17) is 4.74 Å². The van der Waals surface area contributed by atoms with E-state index in [1.165, 1.54) is 44.2 Å². The monoisotopic (exact) mass is 237 g/mol. The van der Waals surface area contributed by atoms with Crippen molar-refractivity contribution in [1.29, 1.82) is 0 Å². The molecule has 0 aliphatic heterocycles. The van der Waals surface area contributed by atoms with Crippen LogP contribution in [0.2, 0.25) is 0 Å². The summed E-state index contributed by atoms with van der Waals surface area (Å²) in [6.45, 7) is 2.47. The van der Waals surface area contributed by atoms with Gasteiger partial charge in [-0.3, -0.25) is 0 Å². The first-order chi connectivity index (χ1) is 8.29. The highest BCUT2D eigenvalue weighted by molar-refractivity contribution is 5.57. The van der Waals surface area contributed by atoms with E-state index in [2.05, 4.69) is 5.32 Å². The second kappa shape index (κ2) is 5.89. The second-order valence-corrected chi connectivity index (χ2v) is 4.55. The Bertz CT molecular complexity index is 361. The SMILES string of the molecule is CCOc1cc(F)ccc1NC1CCCCC1. The minimum Gasteiger partial charge on any atom is -0.492 e. The fourth-order valence-corrected chi connectivity index (χ4v) is 2.36. The molecule has 1 saturated carbocycles. The molecule has 0 heterocycles. The summed E-state index contributed by atoms with van der Waals surface area (Å²) in [4.78, 5) is 0. The van der Waals surface area contributed by atoms with E-state index in [-0.39, 0.29) is 5.82 Å². The van der Waals surface area contributed by atoms with Crippen LogP contribution >= 0.6 is 0 Å². The average Bonchev–Trinajstić information content (AvgIpc) is 2.34. The molecule has 2 nitrogen and oxygen atoms in total. The molecule has 1 fully saturated rings. The molecule has 1 N–H and O–H groups in total. The summed E-state index contributed by atoms with van der Waals surface area (Å²) >= 11 is 0. The fraction of sp³-hybridized carbons (Fsp3) is 0.571. The predicted octanol–water partition coefficient (Wildman–Crippen LogP) is 3.97. The topological polar surface area (TPSA) is 21.3 Å². The van der Waals surface area contributed by atoms with Crippen LogP contribution in [-0.4, -0.2) is 12.6 Å². The van der Waals surface area contributed by atoms with E-state index in [0.717, 1.165) is 5.69 Å². The Hall–Kier alpha value is -1.25. The van der Waals surface area contributed by atoms with Gasteiger partial charge in [0.1, 0.15) is 11.6 Å². The van der Waals surface area contributed by atoms with Crippen molar-refractivity contribution >= 4 is 5.69 Å². The Morgan fingerprint density at radius 2 is 2.06 bits per heavy atom. The van der Waals surface area contributed by atoms with Gasteiger partial charge < -0.3 is 10.1 Å². The lowest BCUT2D eigenvalue weighted by Crippen LogP contribution is -2.22. The first-order valence-electron chi connectivity index (χ1n) is 6.48. The van der Waals surface area contributed by atoms with Gasteiger partial charge in [0.2, 0.25) is 0 Å². The number of hydrogen-bond acceptors (Lipinski definition) is 2. The summed E-state index contributed by atoms with van der Waals surface area (Å²) in [6.07, 6.45) is 6.29. The van der Waals surface area contributed by atoms with Crippen molar-refractivity contribution in [3.8, 4) is 5.75 Å². The molecule has 1 aromatic rings. The molecule has 0 atom stereocenters. The number of nitrogens with one attached hydrogen (secondary N) is 1. The van der Waals surface area contributed by atoms with Gasteiger partial charge in [-0.15, -0.1) is 0 Å². The number of anilines is 1. The maximum atomic E-state index is 13.1. The van der Waals surface area contributed by atoms with Gasteiger partial charge in [0, 0.05) is 12.1 Å². The van der Waals surface area contributed by atoms with Crippen LogP contribution in [0.25, 0.3) is 0 Å². The average molecular weight is 237 g/mol. The van der Waals surface area contributed by atoms with Crippen LogP contribution in [-0.2, 0) is 0 Å². The second-order valence-electron chi connectivity index (χ2n) is 4.55. The maximum Gasteiger partial charge on any atom is 0.145 e. The van der Waals surface area contributed by atoms with Crippen LogP contribution < -0.4 is 10.1 Å². The standard InChI is InChI=1S/C14H20FNO/c1-2-17-14-10-11(15)8-9-13(14)16-12-6-4-3-5-7-12/h8-10,12,16H,2-7H2,1H3. The molecule has 0 spiro atoms. The molecule has 1 aliphatic carbocycles. The Morgan fingerprint density at radius 1 is 1.29 bits per heavy atom. The molecule has 0 amide bonds. The fourth-order valence-electron chi connectivity index (χ4n) is 2.36. The first kappa shape index (κ1) is 12.2. The third kappa shape index (κ3) is 3.35. The summed E-state index contributed by atoms with van der Waals surface area (Å²) < 4.78 is 18.6. The lowest BCUT2D eigenvalue weighted by Gasteiger charge is -2.25. The number of halogens is 1. The highest BCUT2D eigenvalue weighted by Gasteiger charge is 2.15. The van der Waals surface area contributed by atoms with E-state index >= 15 is 0 Å². The Labute approximate surface area is 102 Å². The highest BCUT2D eigenvalue weighted by Crippen LogP contribution is 2.29. The Kier molecular flexibility index (Phi) is 4.24. The van der Waals surface area contributed by atoms with Crippen LogP contribution in [0, 0.1) is 5.82 Å². The molecule has 0 radical (unpaired) electrons. The van der Waals surface area contributed by atoms with E-state index in [0.29, 0.717) is 18.4 Å². The molecular weight excluding hydrogens is 217 g/mol. The van der Waals surface area contributed by atoms with Gasteiger partial charge in [0.05, 0.1) is 12.3 Å². The predicted molar refractivity (Wildman–Crippen MR) is 68.1 cm³/mol. The third-order valence-corrected chi connectivity index (χ3v) is 3.21. The minimum absolute atomic E-state index is 0.248. The van der Waals surface area contributed by atoms with Crippen molar-refractivity contribution in [2.45, 2.75) is 45.1 Å².